The van der Waals surface area contributed by atoms with Gasteiger partial charge >= 0.3 is 5.97 Å². The van der Waals surface area contributed by atoms with Crippen LogP contribution >= 0.6 is 0 Å². The monoisotopic (exact) mass is 253 g/mol. The average molecular weight is 253 g/mol. The van der Waals surface area contributed by atoms with Crippen LogP contribution in [0.4, 0.5) is 5.95 Å². The maximum Gasteiger partial charge on any atom is 0.307 e. The predicted molar refractivity (Wildman–Crippen MR) is 67.5 cm³/mol. The summed E-state index contributed by atoms with van der Waals surface area (Å²) in [7, 11) is 3.01. The van der Waals surface area contributed by atoms with E-state index in [1.165, 1.54) is 7.11 Å². The molecule has 0 N–H and O–H groups in total. The van der Waals surface area contributed by atoms with Gasteiger partial charge in [0.15, 0.2) is 0 Å². The first-order chi connectivity index (χ1) is 8.67. The van der Waals surface area contributed by atoms with Gasteiger partial charge in [-0.05, 0) is 12.5 Å². The Balaban J connectivity index is 2.64. The van der Waals surface area contributed by atoms with Crippen molar-refractivity contribution in [2.75, 3.05) is 38.8 Å². The minimum absolute atomic E-state index is 0.246. The summed E-state index contributed by atoms with van der Waals surface area (Å²) in [5.74, 6) is 0.353. The number of carbonyl (C=O) groups excluding carboxylic acids is 1. The third-order valence-corrected chi connectivity index (χ3v) is 2.43. The van der Waals surface area contributed by atoms with Crippen LogP contribution < -0.4 is 4.90 Å². The molecular weight excluding hydrogens is 234 g/mol. The Kier molecular flexibility index (Phi) is 6.07. The summed E-state index contributed by atoms with van der Waals surface area (Å²) in [5.41, 5.74) is 0.999. The van der Waals surface area contributed by atoms with E-state index in [-0.39, 0.29) is 5.97 Å². The number of anilines is 1. The molecule has 0 radical (unpaired) electrons. The van der Waals surface area contributed by atoms with Gasteiger partial charge in [0.05, 0.1) is 20.1 Å². The number of aryl methyl sites for hydroxylation is 1. The molecule has 0 fully saturated rings. The maximum atomic E-state index is 11.2. The number of carbonyl (C=O) groups is 1. The lowest BCUT2D eigenvalue weighted by Gasteiger charge is -2.21. The second-order valence-corrected chi connectivity index (χ2v) is 3.87. The Morgan fingerprint density at radius 1 is 1.28 bits per heavy atom. The number of ether oxygens (including phenoxy) is 2. The van der Waals surface area contributed by atoms with E-state index in [0.29, 0.717) is 32.1 Å². The van der Waals surface area contributed by atoms with Crippen LogP contribution in [0, 0.1) is 6.92 Å². The molecule has 6 nitrogen and oxygen atoms in total. The van der Waals surface area contributed by atoms with Crippen LogP contribution in [0.2, 0.25) is 0 Å². The lowest BCUT2D eigenvalue weighted by molar-refractivity contribution is -0.140. The molecule has 0 atom stereocenters. The number of nitrogens with zero attached hydrogens (tertiary/aromatic N) is 3. The van der Waals surface area contributed by atoms with Gasteiger partial charge in [0.25, 0.3) is 0 Å². The normalized spacial score (nSPS) is 10.2. The van der Waals surface area contributed by atoms with Crippen molar-refractivity contribution in [3.8, 4) is 0 Å². The highest BCUT2D eigenvalue weighted by molar-refractivity contribution is 5.69. The molecule has 1 aromatic heterocycles. The Morgan fingerprint density at radius 2 is 1.94 bits per heavy atom. The molecule has 18 heavy (non-hydrogen) atoms. The molecule has 100 valence electrons. The largest absolute Gasteiger partial charge is 0.469 e. The van der Waals surface area contributed by atoms with Crippen LogP contribution in [0.1, 0.15) is 12.0 Å². The lowest BCUT2D eigenvalue weighted by Crippen LogP contribution is -2.31. The van der Waals surface area contributed by atoms with Crippen molar-refractivity contribution >= 4 is 11.9 Å². The molecular formula is C12H19N3O3. The second kappa shape index (κ2) is 7.60. The first-order valence-corrected chi connectivity index (χ1v) is 5.76. The molecule has 0 saturated carbocycles. The van der Waals surface area contributed by atoms with Crippen molar-refractivity contribution in [1.29, 1.82) is 0 Å². The first-order valence-electron chi connectivity index (χ1n) is 5.76. The number of aromatic nitrogens is 2. The van der Waals surface area contributed by atoms with Crippen LogP contribution in [-0.4, -0.2) is 49.9 Å². The van der Waals surface area contributed by atoms with Gasteiger partial charge in [-0.1, -0.05) is 0 Å². The topological polar surface area (TPSA) is 64.5 Å². The van der Waals surface area contributed by atoms with Gasteiger partial charge in [-0.25, -0.2) is 9.97 Å². The minimum Gasteiger partial charge on any atom is -0.469 e. The number of rotatable bonds is 7. The van der Waals surface area contributed by atoms with E-state index < -0.39 is 0 Å². The van der Waals surface area contributed by atoms with Crippen LogP contribution in [-0.2, 0) is 14.3 Å². The summed E-state index contributed by atoms with van der Waals surface area (Å²) < 4.78 is 9.66. The molecule has 0 spiro atoms. The van der Waals surface area contributed by atoms with Crippen molar-refractivity contribution in [3.63, 3.8) is 0 Å². The van der Waals surface area contributed by atoms with Crippen molar-refractivity contribution in [2.24, 2.45) is 0 Å². The van der Waals surface area contributed by atoms with Crippen molar-refractivity contribution in [3.05, 3.63) is 18.0 Å². The summed E-state index contributed by atoms with van der Waals surface area (Å²) in [4.78, 5) is 21.5. The van der Waals surface area contributed by atoms with Crippen molar-refractivity contribution < 1.29 is 14.3 Å². The SMILES string of the molecule is COCCN(CCC(=O)OC)c1ncc(C)cn1. The second-order valence-electron chi connectivity index (χ2n) is 3.87. The molecule has 1 aromatic rings. The average Bonchev–Trinajstić information content (AvgIpc) is 2.40. The Labute approximate surface area is 107 Å². The van der Waals surface area contributed by atoms with E-state index in [4.69, 9.17) is 4.74 Å². The molecule has 0 aliphatic rings. The molecule has 0 bridgehead atoms. The van der Waals surface area contributed by atoms with Gasteiger partial charge in [0, 0.05) is 32.6 Å². The molecule has 0 amide bonds. The van der Waals surface area contributed by atoms with E-state index in [0.717, 1.165) is 5.56 Å². The Morgan fingerprint density at radius 3 is 2.50 bits per heavy atom. The quantitative estimate of drug-likeness (QED) is 0.670. The molecule has 0 aliphatic carbocycles. The zero-order valence-corrected chi connectivity index (χ0v) is 11.0. The highest BCUT2D eigenvalue weighted by Gasteiger charge is 2.11. The fraction of sp³-hybridized carbons (Fsp3) is 0.583. The molecule has 0 saturated heterocycles. The number of hydrogen-bond donors (Lipinski definition) is 0. The Hall–Kier alpha value is -1.69. The summed E-state index contributed by atoms with van der Waals surface area (Å²) in [6, 6.07) is 0. The third kappa shape index (κ3) is 4.67. The van der Waals surface area contributed by atoms with Gasteiger partial charge in [0.2, 0.25) is 5.95 Å². The number of methoxy groups -OCH3 is 2. The standard InChI is InChI=1S/C12H19N3O3/c1-10-8-13-12(14-9-10)15(6-7-17-2)5-4-11(16)18-3/h8-9H,4-7H2,1-3H3. The molecule has 0 unspecified atom stereocenters. The van der Waals surface area contributed by atoms with Gasteiger partial charge in [-0.2, -0.15) is 0 Å². The van der Waals surface area contributed by atoms with E-state index in [1.54, 1.807) is 19.5 Å². The van der Waals surface area contributed by atoms with Crippen LogP contribution in [0.3, 0.4) is 0 Å². The summed E-state index contributed by atoms with van der Waals surface area (Å²) in [6.07, 6.45) is 3.80. The number of hydrogen-bond acceptors (Lipinski definition) is 6. The molecule has 6 heteroatoms. The lowest BCUT2D eigenvalue weighted by atomic mass is 10.3. The summed E-state index contributed by atoms with van der Waals surface area (Å²) in [6.45, 7) is 3.63. The first kappa shape index (κ1) is 14.4. The van der Waals surface area contributed by atoms with Gasteiger partial charge in [-0.3, -0.25) is 4.79 Å². The van der Waals surface area contributed by atoms with Gasteiger partial charge < -0.3 is 14.4 Å². The maximum absolute atomic E-state index is 11.2. The van der Waals surface area contributed by atoms with Gasteiger partial charge in [-0.15, -0.1) is 0 Å². The van der Waals surface area contributed by atoms with Crippen LogP contribution in [0.5, 0.6) is 0 Å². The number of esters is 1. The zero-order chi connectivity index (χ0) is 13.4. The van der Waals surface area contributed by atoms with Crippen molar-refractivity contribution in [1.82, 2.24) is 9.97 Å². The van der Waals surface area contributed by atoms with Crippen LogP contribution in [0.15, 0.2) is 12.4 Å². The van der Waals surface area contributed by atoms with Crippen molar-refractivity contribution in [2.45, 2.75) is 13.3 Å². The highest BCUT2D eigenvalue weighted by atomic mass is 16.5. The smallest absolute Gasteiger partial charge is 0.307 e. The summed E-state index contributed by atoms with van der Waals surface area (Å²) in [5, 5.41) is 0. The van der Waals surface area contributed by atoms with E-state index in [1.807, 2.05) is 11.8 Å². The predicted octanol–water partition coefficient (Wildman–Crippen LogP) is 0.801. The third-order valence-electron chi connectivity index (χ3n) is 2.43. The van der Waals surface area contributed by atoms with Gasteiger partial charge in [0.1, 0.15) is 0 Å². The fourth-order valence-electron chi connectivity index (χ4n) is 1.39. The molecule has 1 heterocycles. The highest BCUT2D eigenvalue weighted by Crippen LogP contribution is 2.07. The molecule has 0 aromatic carbocycles. The molecule has 1 rings (SSSR count). The zero-order valence-electron chi connectivity index (χ0n) is 11.0. The van der Waals surface area contributed by atoms with E-state index >= 15 is 0 Å². The van der Waals surface area contributed by atoms with E-state index in [9.17, 15) is 4.79 Å². The Bertz CT molecular complexity index is 367. The summed E-state index contributed by atoms with van der Waals surface area (Å²) >= 11 is 0. The van der Waals surface area contributed by atoms with Crippen LogP contribution in [0.25, 0.3) is 0 Å². The fourth-order valence-corrected chi connectivity index (χ4v) is 1.39. The molecule has 0 aliphatic heterocycles. The van der Waals surface area contributed by atoms with E-state index in [2.05, 4.69) is 14.7 Å². The minimum atomic E-state index is -0.246.